The molecule has 21 heavy (non-hydrogen) atoms. The first kappa shape index (κ1) is 14.1. The first-order chi connectivity index (χ1) is 10.1. The number of aryl methyl sites for hydroxylation is 2. The minimum absolute atomic E-state index is 0.00870. The number of benzene rings is 2. The molecule has 1 nitrogen and oxygen atoms in total. The highest BCUT2D eigenvalue weighted by Crippen LogP contribution is 2.26. The van der Waals surface area contributed by atoms with Crippen molar-refractivity contribution in [1.29, 1.82) is 0 Å². The van der Waals surface area contributed by atoms with Crippen LogP contribution < -0.4 is 5.73 Å². The van der Waals surface area contributed by atoms with Gasteiger partial charge < -0.3 is 5.73 Å². The number of rotatable bonds is 3. The molecule has 3 rings (SSSR count). The molecule has 1 aliphatic carbocycles. The Morgan fingerprint density at radius 3 is 2.52 bits per heavy atom. The predicted octanol–water partition coefficient (Wildman–Crippen LogP) is 3.84. The van der Waals surface area contributed by atoms with Crippen LogP contribution >= 0.6 is 0 Å². The van der Waals surface area contributed by atoms with E-state index in [0.717, 1.165) is 30.9 Å². The van der Waals surface area contributed by atoms with Gasteiger partial charge in [-0.2, -0.15) is 0 Å². The fourth-order valence-electron chi connectivity index (χ4n) is 2.94. The fourth-order valence-corrected chi connectivity index (χ4v) is 2.94. The molecule has 2 N–H and O–H groups in total. The predicted molar refractivity (Wildman–Crippen MR) is 75.4 cm³/mol. The minimum Gasteiger partial charge on any atom is -0.324 e. The van der Waals surface area contributed by atoms with E-state index in [1.807, 2.05) is 6.07 Å². The van der Waals surface area contributed by atoms with E-state index in [4.69, 9.17) is 5.73 Å². The van der Waals surface area contributed by atoms with Crippen molar-refractivity contribution < 1.29 is 13.2 Å². The molecular formula is C17H16F3N. The normalized spacial score (nSPS) is 15.0. The van der Waals surface area contributed by atoms with Crippen LogP contribution in [0.1, 0.15) is 34.7 Å². The van der Waals surface area contributed by atoms with Crippen LogP contribution in [0, 0.1) is 17.5 Å². The zero-order valence-corrected chi connectivity index (χ0v) is 11.5. The van der Waals surface area contributed by atoms with Gasteiger partial charge in [0, 0.05) is 11.6 Å². The van der Waals surface area contributed by atoms with Gasteiger partial charge in [0.1, 0.15) is 0 Å². The van der Waals surface area contributed by atoms with Crippen molar-refractivity contribution in [3.63, 3.8) is 0 Å². The fraction of sp³-hybridized carbons (Fsp3) is 0.294. The Balaban J connectivity index is 1.83. The molecule has 0 aromatic heterocycles. The summed E-state index contributed by atoms with van der Waals surface area (Å²) in [5, 5.41) is 0. The van der Waals surface area contributed by atoms with E-state index in [-0.39, 0.29) is 5.56 Å². The Morgan fingerprint density at radius 2 is 1.71 bits per heavy atom. The van der Waals surface area contributed by atoms with Crippen LogP contribution in [-0.4, -0.2) is 0 Å². The molecule has 1 atom stereocenters. The third-order valence-corrected chi connectivity index (χ3v) is 4.08. The first-order valence-electron chi connectivity index (χ1n) is 7.06. The standard InChI is InChI=1S/C17H16F3N/c18-14-7-6-13(16(19)17(14)20)15(21)9-10-4-5-11-2-1-3-12(11)8-10/h4-8,15H,1-3,9,21H2. The Morgan fingerprint density at radius 1 is 0.952 bits per heavy atom. The van der Waals surface area contributed by atoms with Crippen molar-refractivity contribution in [2.75, 3.05) is 0 Å². The van der Waals surface area contributed by atoms with Crippen LogP contribution in [0.2, 0.25) is 0 Å². The first-order valence-corrected chi connectivity index (χ1v) is 7.06. The lowest BCUT2D eigenvalue weighted by molar-refractivity contribution is 0.435. The summed E-state index contributed by atoms with van der Waals surface area (Å²) in [4.78, 5) is 0. The lowest BCUT2D eigenvalue weighted by Gasteiger charge is -2.14. The molecule has 0 radical (unpaired) electrons. The smallest absolute Gasteiger partial charge is 0.194 e. The molecule has 0 aliphatic heterocycles. The quantitative estimate of drug-likeness (QED) is 0.854. The molecule has 1 aliphatic rings. The largest absolute Gasteiger partial charge is 0.324 e. The number of halogens is 3. The summed E-state index contributed by atoms with van der Waals surface area (Å²) in [7, 11) is 0. The number of hydrogen-bond donors (Lipinski definition) is 1. The summed E-state index contributed by atoms with van der Waals surface area (Å²) in [6.45, 7) is 0. The van der Waals surface area contributed by atoms with Gasteiger partial charge >= 0.3 is 0 Å². The van der Waals surface area contributed by atoms with Crippen LogP contribution in [-0.2, 0) is 19.3 Å². The van der Waals surface area contributed by atoms with Crippen molar-refractivity contribution in [3.05, 3.63) is 70.0 Å². The number of nitrogens with two attached hydrogens (primary N) is 1. The van der Waals surface area contributed by atoms with Gasteiger partial charge in [0.15, 0.2) is 17.5 Å². The third-order valence-electron chi connectivity index (χ3n) is 4.08. The molecule has 0 fully saturated rings. The molecule has 0 bridgehead atoms. The van der Waals surface area contributed by atoms with Crippen LogP contribution in [0.5, 0.6) is 0 Å². The summed E-state index contributed by atoms with van der Waals surface area (Å²) < 4.78 is 39.9. The topological polar surface area (TPSA) is 26.0 Å². The van der Waals surface area contributed by atoms with Gasteiger partial charge in [0.05, 0.1) is 0 Å². The molecule has 0 heterocycles. The molecule has 0 amide bonds. The van der Waals surface area contributed by atoms with E-state index in [9.17, 15) is 13.2 Å². The third kappa shape index (κ3) is 2.68. The van der Waals surface area contributed by atoms with Gasteiger partial charge in [-0.3, -0.25) is 0 Å². The average Bonchev–Trinajstić information content (AvgIpc) is 2.92. The van der Waals surface area contributed by atoms with Gasteiger partial charge in [0.2, 0.25) is 0 Å². The average molecular weight is 291 g/mol. The molecule has 110 valence electrons. The van der Waals surface area contributed by atoms with E-state index >= 15 is 0 Å². The summed E-state index contributed by atoms with van der Waals surface area (Å²) >= 11 is 0. The van der Waals surface area contributed by atoms with E-state index in [1.54, 1.807) is 0 Å². The summed E-state index contributed by atoms with van der Waals surface area (Å²) in [5.74, 6) is -3.85. The highest BCUT2D eigenvalue weighted by molar-refractivity contribution is 5.36. The molecule has 0 saturated carbocycles. The van der Waals surface area contributed by atoms with Gasteiger partial charge in [-0.1, -0.05) is 24.3 Å². The van der Waals surface area contributed by atoms with Gasteiger partial charge in [-0.25, -0.2) is 13.2 Å². The van der Waals surface area contributed by atoms with Gasteiger partial charge in [-0.05, 0) is 48.4 Å². The summed E-state index contributed by atoms with van der Waals surface area (Å²) in [6, 6.07) is 7.56. The number of fused-ring (bicyclic) bond motifs is 1. The van der Waals surface area contributed by atoms with Crippen molar-refractivity contribution in [3.8, 4) is 0 Å². The molecule has 0 spiro atoms. The SMILES string of the molecule is NC(Cc1ccc2c(c1)CCC2)c1ccc(F)c(F)c1F. The zero-order valence-electron chi connectivity index (χ0n) is 11.5. The second-order valence-electron chi connectivity index (χ2n) is 5.53. The van der Waals surface area contributed by atoms with Crippen LogP contribution in [0.25, 0.3) is 0 Å². The second kappa shape index (κ2) is 5.53. The lowest BCUT2D eigenvalue weighted by atomic mass is 9.96. The molecule has 0 saturated heterocycles. The molecule has 2 aromatic rings. The van der Waals surface area contributed by atoms with Crippen LogP contribution in [0.15, 0.2) is 30.3 Å². The Hall–Kier alpha value is -1.81. The van der Waals surface area contributed by atoms with E-state index in [2.05, 4.69) is 12.1 Å². The highest BCUT2D eigenvalue weighted by atomic mass is 19.2. The second-order valence-corrected chi connectivity index (χ2v) is 5.53. The van der Waals surface area contributed by atoms with Crippen molar-refractivity contribution >= 4 is 0 Å². The van der Waals surface area contributed by atoms with Gasteiger partial charge in [-0.15, -0.1) is 0 Å². The van der Waals surface area contributed by atoms with Crippen LogP contribution in [0.4, 0.5) is 13.2 Å². The summed E-state index contributed by atoms with van der Waals surface area (Å²) in [5.41, 5.74) is 9.63. The lowest BCUT2D eigenvalue weighted by Crippen LogP contribution is -2.16. The van der Waals surface area contributed by atoms with E-state index in [0.29, 0.717) is 6.42 Å². The minimum atomic E-state index is -1.46. The van der Waals surface area contributed by atoms with Crippen molar-refractivity contribution in [2.24, 2.45) is 5.73 Å². The summed E-state index contributed by atoms with van der Waals surface area (Å²) in [6.07, 6.45) is 3.70. The highest BCUT2D eigenvalue weighted by Gasteiger charge is 2.19. The van der Waals surface area contributed by atoms with Gasteiger partial charge in [0.25, 0.3) is 0 Å². The Kier molecular flexibility index (Phi) is 3.72. The van der Waals surface area contributed by atoms with E-state index < -0.39 is 23.5 Å². The van der Waals surface area contributed by atoms with Crippen LogP contribution in [0.3, 0.4) is 0 Å². The van der Waals surface area contributed by atoms with E-state index in [1.165, 1.54) is 17.2 Å². The maximum Gasteiger partial charge on any atom is 0.194 e. The molecule has 1 unspecified atom stereocenters. The molecular weight excluding hydrogens is 275 g/mol. The monoisotopic (exact) mass is 291 g/mol. The maximum atomic E-state index is 13.7. The zero-order chi connectivity index (χ0) is 15.0. The van der Waals surface area contributed by atoms with Crippen molar-refractivity contribution in [2.45, 2.75) is 31.7 Å². The number of hydrogen-bond acceptors (Lipinski definition) is 1. The maximum absolute atomic E-state index is 13.7. The Labute approximate surface area is 121 Å². The molecule has 2 aromatic carbocycles. The van der Waals surface area contributed by atoms with Crippen molar-refractivity contribution in [1.82, 2.24) is 0 Å². The Bertz CT molecular complexity index is 682. The molecule has 4 heteroatoms.